The third-order valence-corrected chi connectivity index (χ3v) is 7.74. The molecule has 1 aliphatic carbocycles. The summed E-state index contributed by atoms with van der Waals surface area (Å²) in [6, 6.07) is 23.1. The maximum Gasteiger partial charge on any atom is 0.407 e. The first-order valence-electron chi connectivity index (χ1n) is 13.5. The predicted molar refractivity (Wildman–Crippen MR) is 147 cm³/mol. The Bertz CT molecular complexity index is 1370. The summed E-state index contributed by atoms with van der Waals surface area (Å²) >= 11 is 0. The minimum atomic E-state index is -3.07. The van der Waals surface area contributed by atoms with Gasteiger partial charge in [-0.15, -0.1) is 0 Å². The largest absolute Gasteiger partial charge is 0.479 e. The van der Waals surface area contributed by atoms with Crippen LogP contribution in [-0.2, 0) is 20.9 Å². The Morgan fingerprint density at radius 1 is 0.951 bits per heavy atom. The van der Waals surface area contributed by atoms with Crippen LogP contribution in [0.5, 0.6) is 0 Å². The zero-order valence-electron chi connectivity index (χ0n) is 22.3. The lowest BCUT2D eigenvalue weighted by atomic mass is 9.98. The number of rotatable bonds is 10. The lowest BCUT2D eigenvalue weighted by Crippen LogP contribution is -2.57. The number of carboxylic acid groups (broad SMARTS) is 1. The minimum Gasteiger partial charge on any atom is -0.479 e. The molecular weight excluding hydrogens is 532 g/mol. The molecule has 2 unspecified atom stereocenters. The van der Waals surface area contributed by atoms with Crippen LogP contribution in [-0.4, -0.2) is 65.7 Å². The summed E-state index contributed by atoms with van der Waals surface area (Å²) in [5.74, 6) is -2.38. The van der Waals surface area contributed by atoms with E-state index in [1.807, 2.05) is 83.8 Å². The van der Waals surface area contributed by atoms with Gasteiger partial charge in [0.25, 0.3) is 6.43 Å². The van der Waals surface area contributed by atoms with Gasteiger partial charge in [-0.05, 0) is 34.2 Å². The number of carbonyl (C=O) groups is 3. The first kappa shape index (κ1) is 28.2. The number of nitrogens with one attached hydrogen (secondary N) is 2. The molecule has 2 aliphatic rings. The second kappa shape index (κ2) is 12.1. The number of ether oxygens (including phenoxy) is 1. The van der Waals surface area contributed by atoms with E-state index in [9.17, 15) is 28.3 Å². The van der Waals surface area contributed by atoms with Crippen LogP contribution in [0.1, 0.15) is 35.4 Å². The van der Waals surface area contributed by atoms with Crippen LogP contribution < -0.4 is 10.6 Å². The molecule has 2 amide bonds. The van der Waals surface area contributed by atoms with Crippen molar-refractivity contribution in [3.8, 4) is 11.1 Å². The number of alkyl carbamates (subject to hydrolysis) is 1. The average Bonchev–Trinajstić information content (AvgIpc) is 3.51. The maximum absolute atomic E-state index is 13.9. The molecule has 1 fully saturated rings. The normalized spacial score (nSPS) is 18.9. The number of benzene rings is 3. The van der Waals surface area contributed by atoms with Gasteiger partial charge < -0.3 is 20.5 Å². The number of aliphatic carboxylic acids is 1. The molecule has 10 heteroatoms. The van der Waals surface area contributed by atoms with Crippen LogP contribution in [0.3, 0.4) is 0 Å². The second-order valence-electron chi connectivity index (χ2n) is 10.5. The SMILES string of the molecule is O=C(CC(NC(=O)OCC1c2ccccc2-c2ccccc21)C(F)F)NC1(C(=O)O)CCN(Cc2ccccc2)C1. The van der Waals surface area contributed by atoms with Crippen molar-refractivity contribution in [2.75, 3.05) is 19.7 Å². The molecule has 0 bridgehead atoms. The first-order chi connectivity index (χ1) is 19.8. The zero-order valence-corrected chi connectivity index (χ0v) is 22.3. The molecule has 2 atom stereocenters. The molecule has 1 aliphatic heterocycles. The maximum atomic E-state index is 13.9. The van der Waals surface area contributed by atoms with Gasteiger partial charge >= 0.3 is 12.1 Å². The zero-order chi connectivity index (χ0) is 29.0. The molecule has 41 heavy (non-hydrogen) atoms. The van der Waals surface area contributed by atoms with Crippen LogP contribution in [0.25, 0.3) is 11.1 Å². The fourth-order valence-corrected chi connectivity index (χ4v) is 5.71. The lowest BCUT2D eigenvalue weighted by molar-refractivity contribution is -0.147. The molecule has 3 aromatic carbocycles. The lowest BCUT2D eigenvalue weighted by Gasteiger charge is -2.27. The molecular formula is C31H31F2N3O5. The Balaban J connectivity index is 1.17. The molecule has 3 aromatic rings. The van der Waals surface area contributed by atoms with E-state index in [4.69, 9.17) is 4.74 Å². The van der Waals surface area contributed by atoms with Gasteiger partial charge in [0.2, 0.25) is 5.91 Å². The summed E-state index contributed by atoms with van der Waals surface area (Å²) in [6.45, 7) is 0.871. The van der Waals surface area contributed by atoms with Gasteiger partial charge in [-0.2, -0.15) is 0 Å². The van der Waals surface area contributed by atoms with Crippen LogP contribution in [0.15, 0.2) is 78.9 Å². The van der Waals surface area contributed by atoms with E-state index in [2.05, 4.69) is 10.6 Å². The van der Waals surface area contributed by atoms with Crippen LogP contribution in [0.4, 0.5) is 13.6 Å². The van der Waals surface area contributed by atoms with Crippen LogP contribution in [0, 0.1) is 0 Å². The van der Waals surface area contributed by atoms with Gasteiger partial charge in [0, 0.05) is 25.6 Å². The monoisotopic (exact) mass is 563 g/mol. The van der Waals surface area contributed by atoms with E-state index in [1.165, 1.54) is 0 Å². The molecule has 0 radical (unpaired) electrons. The van der Waals surface area contributed by atoms with Gasteiger partial charge in [-0.3, -0.25) is 9.69 Å². The average molecular weight is 564 g/mol. The van der Waals surface area contributed by atoms with Gasteiger partial charge in [-0.25, -0.2) is 18.4 Å². The van der Waals surface area contributed by atoms with E-state index in [0.29, 0.717) is 13.1 Å². The van der Waals surface area contributed by atoms with Crippen molar-refractivity contribution >= 4 is 18.0 Å². The van der Waals surface area contributed by atoms with Crippen molar-refractivity contribution in [3.05, 3.63) is 95.6 Å². The van der Waals surface area contributed by atoms with Gasteiger partial charge in [0.15, 0.2) is 5.54 Å². The third kappa shape index (κ3) is 6.22. The van der Waals surface area contributed by atoms with Crippen molar-refractivity contribution in [3.63, 3.8) is 0 Å². The molecule has 0 saturated carbocycles. The number of amides is 2. The summed E-state index contributed by atoms with van der Waals surface area (Å²) in [4.78, 5) is 39.4. The molecule has 214 valence electrons. The number of likely N-dealkylation sites (tertiary alicyclic amines) is 1. The molecule has 3 N–H and O–H groups in total. The van der Waals surface area contributed by atoms with E-state index >= 15 is 0 Å². The van der Waals surface area contributed by atoms with Crippen molar-refractivity contribution in [2.24, 2.45) is 0 Å². The van der Waals surface area contributed by atoms with Crippen molar-refractivity contribution < 1.29 is 33.0 Å². The molecule has 1 saturated heterocycles. The number of halogens is 2. The van der Waals surface area contributed by atoms with Gasteiger partial charge in [-0.1, -0.05) is 78.9 Å². The van der Waals surface area contributed by atoms with E-state index in [1.54, 1.807) is 0 Å². The van der Waals surface area contributed by atoms with Crippen LogP contribution >= 0.6 is 0 Å². The highest BCUT2D eigenvalue weighted by atomic mass is 19.3. The highest BCUT2D eigenvalue weighted by Gasteiger charge is 2.46. The van der Waals surface area contributed by atoms with Crippen molar-refractivity contribution in [1.82, 2.24) is 15.5 Å². The molecule has 0 spiro atoms. The Hall–Kier alpha value is -4.31. The Labute approximate surface area is 236 Å². The quantitative estimate of drug-likeness (QED) is 0.338. The predicted octanol–water partition coefficient (Wildman–Crippen LogP) is 4.39. The number of hydrogen-bond donors (Lipinski definition) is 3. The first-order valence-corrected chi connectivity index (χ1v) is 13.5. The summed E-state index contributed by atoms with van der Waals surface area (Å²) in [5.41, 5.74) is 3.39. The molecule has 0 aromatic heterocycles. The number of carboxylic acids is 1. The van der Waals surface area contributed by atoms with Crippen LogP contribution in [0.2, 0.25) is 0 Å². The number of carbonyl (C=O) groups excluding carboxylic acids is 2. The third-order valence-electron chi connectivity index (χ3n) is 7.74. The van der Waals surface area contributed by atoms with Gasteiger partial charge in [0.05, 0.1) is 6.42 Å². The minimum absolute atomic E-state index is 0.0299. The number of nitrogens with zero attached hydrogens (tertiary/aromatic N) is 1. The number of alkyl halides is 2. The second-order valence-corrected chi connectivity index (χ2v) is 10.5. The highest BCUT2D eigenvalue weighted by molar-refractivity contribution is 5.88. The highest BCUT2D eigenvalue weighted by Crippen LogP contribution is 2.44. The Morgan fingerprint density at radius 3 is 2.17 bits per heavy atom. The van der Waals surface area contributed by atoms with Crippen molar-refractivity contribution in [1.29, 1.82) is 0 Å². The van der Waals surface area contributed by atoms with E-state index in [-0.39, 0.29) is 25.5 Å². The van der Waals surface area contributed by atoms with Crippen molar-refractivity contribution in [2.45, 2.75) is 43.3 Å². The summed E-state index contributed by atoms with van der Waals surface area (Å²) < 4.78 is 33.1. The van der Waals surface area contributed by atoms with E-state index < -0.39 is 42.4 Å². The Morgan fingerprint density at radius 2 is 1.56 bits per heavy atom. The van der Waals surface area contributed by atoms with E-state index in [0.717, 1.165) is 27.8 Å². The molecule has 5 rings (SSSR count). The topological polar surface area (TPSA) is 108 Å². The smallest absolute Gasteiger partial charge is 0.407 e. The summed E-state index contributed by atoms with van der Waals surface area (Å²) in [5, 5.41) is 14.5. The Kier molecular flexibility index (Phi) is 8.30. The number of fused-ring (bicyclic) bond motifs is 3. The summed E-state index contributed by atoms with van der Waals surface area (Å²) in [6.07, 6.45) is -4.82. The fourth-order valence-electron chi connectivity index (χ4n) is 5.71. The standard InChI is InChI=1S/C31H31F2N3O5/c32-28(33)26(16-27(37)35-31(29(38)39)14-15-36(19-31)17-20-8-2-1-3-9-20)34-30(40)41-18-25-23-12-6-4-10-21(23)22-11-5-7-13-24(22)25/h1-13,25-26,28H,14-19H2,(H,34,40)(H,35,37)(H,38,39). The summed E-state index contributed by atoms with van der Waals surface area (Å²) in [7, 11) is 0. The molecule has 1 heterocycles. The number of hydrogen-bond acceptors (Lipinski definition) is 5. The fraction of sp³-hybridized carbons (Fsp3) is 0.323. The van der Waals surface area contributed by atoms with Gasteiger partial charge in [0.1, 0.15) is 12.6 Å². The molecule has 8 nitrogen and oxygen atoms in total.